The van der Waals surface area contributed by atoms with E-state index in [1.807, 2.05) is 0 Å². The molecule has 0 radical (unpaired) electrons. The molecule has 1 amide bonds. The lowest BCUT2D eigenvalue weighted by atomic mass is 10.1. The average molecular weight is 369 g/mol. The molecule has 1 rings (SSSR count). The van der Waals surface area contributed by atoms with Gasteiger partial charge in [-0.2, -0.15) is 13.2 Å². The van der Waals surface area contributed by atoms with Gasteiger partial charge in [-0.25, -0.2) is 0 Å². The molecule has 0 saturated carbocycles. The largest absolute Gasteiger partial charge is 0.406 e. The van der Waals surface area contributed by atoms with Crippen molar-refractivity contribution in [3.63, 3.8) is 0 Å². The van der Waals surface area contributed by atoms with E-state index in [9.17, 15) is 28.1 Å². The van der Waals surface area contributed by atoms with E-state index in [4.69, 9.17) is 0 Å². The maximum absolute atomic E-state index is 12.5. The fourth-order valence-electron chi connectivity index (χ4n) is 1.75. The number of nitrogens with zero attached hydrogens (tertiary/aromatic N) is 2. The van der Waals surface area contributed by atoms with Crippen molar-refractivity contribution in [1.82, 2.24) is 4.90 Å². The Labute approximate surface area is 127 Å². The zero-order valence-corrected chi connectivity index (χ0v) is 12.6. The Morgan fingerprint density at radius 3 is 2.48 bits per heavy atom. The van der Waals surface area contributed by atoms with Crippen molar-refractivity contribution >= 4 is 27.5 Å². The molecule has 0 heterocycles. The zero-order chi connectivity index (χ0) is 16.2. The summed E-state index contributed by atoms with van der Waals surface area (Å²) in [6.45, 7) is -0.0262. The number of aryl methyl sites for hydroxylation is 1. The quantitative estimate of drug-likeness (QED) is 0.455. The number of alkyl halides is 4. The summed E-state index contributed by atoms with van der Waals surface area (Å²) in [6.07, 6.45) is -4.53. The van der Waals surface area contributed by atoms with Gasteiger partial charge in [0.1, 0.15) is 6.54 Å². The molecular formula is C12H12BrF3N2O3. The van der Waals surface area contributed by atoms with E-state index in [0.717, 1.165) is 6.07 Å². The molecule has 0 aromatic heterocycles. The molecule has 0 N–H and O–H groups in total. The highest BCUT2D eigenvalue weighted by Gasteiger charge is 2.33. The van der Waals surface area contributed by atoms with Crippen LogP contribution >= 0.6 is 15.9 Å². The van der Waals surface area contributed by atoms with Crippen LogP contribution in [-0.2, 0) is 0 Å². The highest BCUT2D eigenvalue weighted by molar-refractivity contribution is 9.09. The Balaban J connectivity index is 3.11. The number of hydrogen-bond acceptors (Lipinski definition) is 3. The van der Waals surface area contributed by atoms with Gasteiger partial charge in [-0.15, -0.1) is 0 Å². The molecule has 5 nitrogen and oxygen atoms in total. The molecule has 1 aromatic carbocycles. The topological polar surface area (TPSA) is 63.5 Å². The summed E-state index contributed by atoms with van der Waals surface area (Å²) in [4.78, 5) is 22.8. The minimum Gasteiger partial charge on any atom is -0.329 e. The SMILES string of the molecule is Cc1cc(C(=O)N(CCBr)CC(F)(F)F)cc([N+](=O)[O-])c1. The van der Waals surface area contributed by atoms with Crippen molar-refractivity contribution in [2.24, 2.45) is 0 Å². The summed E-state index contributed by atoms with van der Waals surface area (Å²) < 4.78 is 37.4. The van der Waals surface area contributed by atoms with Crippen LogP contribution in [0.3, 0.4) is 0 Å². The van der Waals surface area contributed by atoms with Gasteiger partial charge in [-0.05, 0) is 18.6 Å². The van der Waals surface area contributed by atoms with Crippen molar-refractivity contribution in [2.45, 2.75) is 13.1 Å². The Bertz CT molecular complexity index is 549. The van der Waals surface area contributed by atoms with Crippen LogP contribution < -0.4 is 0 Å². The second kappa shape index (κ2) is 6.88. The van der Waals surface area contributed by atoms with Crippen molar-refractivity contribution in [2.75, 3.05) is 18.4 Å². The van der Waals surface area contributed by atoms with Gasteiger partial charge in [-0.1, -0.05) is 15.9 Å². The first-order valence-electron chi connectivity index (χ1n) is 5.82. The zero-order valence-electron chi connectivity index (χ0n) is 11.0. The predicted molar refractivity (Wildman–Crippen MR) is 73.6 cm³/mol. The van der Waals surface area contributed by atoms with Crippen LogP contribution in [0.4, 0.5) is 18.9 Å². The second-order valence-corrected chi connectivity index (χ2v) is 5.14. The van der Waals surface area contributed by atoms with Crippen LogP contribution in [0.1, 0.15) is 15.9 Å². The Hall–Kier alpha value is -1.64. The number of nitro benzene ring substituents is 1. The number of nitro groups is 1. The van der Waals surface area contributed by atoms with Crippen molar-refractivity contribution in [3.8, 4) is 0 Å². The molecule has 0 unspecified atom stereocenters. The summed E-state index contributed by atoms with van der Waals surface area (Å²) in [5.41, 5.74) is -0.0330. The standard InChI is InChI=1S/C12H12BrF3N2O3/c1-8-4-9(6-10(5-8)18(20)21)11(19)17(3-2-13)7-12(14,15)16/h4-6H,2-3,7H2,1H3. The number of carbonyl (C=O) groups excluding carboxylic acids is 1. The first-order valence-corrected chi connectivity index (χ1v) is 6.94. The molecule has 9 heteroatoms. The maximum Gasteiger partial charge on any atom is 0.406 e. The smallest absolute Gasteiger partial charge is 0.329 e. The van der Waals surface area contributed by atoms with E-state index in [1.165, 1.54) is 19.1 Å². The average Bonchev–Trinajstić information content (AvgIpc) is 2.35. The third kappa shape index (κ3) is 5.33. The van der Waals surface area contributed by atoms with E-state index < -0.39 is 23.6 Å². The highest BCUT2D eigenvalue weighted by Crippen LogP contribution is 2.21. The van der Waals surface area contributed by atoms with Gasteiger partial charge in [0.05, 0.1) is 4.92 Å². The van der Waals surface area contributed by atoms with Gasteiger partial charge < -0.3 is 4.90 Å². The molecular weight excluding hydrogens is 357 g/mol. The maximum atomic E-state index is 12.5. The highest BCUT2D eigenvalue weighted by atomic mass is 79.9. The Kier molecular flexibility index (Phi) is 5.70. The Morgan fingerprint density at radius 1 is 1.38 bits per heavy atom. The molecule has 0 saturated heterocycles. The molecule has 21 heavy (non-hydrogen) atoms. The number of carbonyl (C=O) groups is 1. The molecule has 0 spiro atoms. The van der Waals surface area contributed by atoms with Crippen molar-refractivity contribution in [3.05, 3.63) is 39.4 Å². The summed E-state index contributed by atoms with van der Waals surface area (Å²) in [6, 6.07) is 3.55. The van der Waals surface area contributed by atoms with Gasteiger partial charge in [-0.3, -0.25) is 14.9 Å². The van der Waals surface area contributed by atoms with Crippen LogP contribution in [0.15, 0.2) is 18.2 Å². The van der Waals surface area contributed by atoms with Crippen LogP contribution in [0.5, 0.6) is 0 Å². The lowest BCUT2D eigenvalue weighted by Crippen LogP contribution is -2.40. The first-order chi connectivity index (χ1) is 9.64. The molecule has 0 aliphatic heterocycles. The first kappa shape index (κ1) is 17.4. The lowest BCUT2D eigenvalue weighted by Gasteiger charge is -2.23. The third-order valence-corrected chi connectivity index (χ3v) is 2.89. The Morgan fingerprint density at radius 2 is 2.00 bits per heavy atom. The number of amides is 1. The molecule has 1 aromatic rings. The van der Waals surface area contributed by atoms with Gasteiger partial charge >= 0.3 is 6.18 Å². The third-order valence-electron chi connectivity index (χ3n) is 2.53. The normalized spacial score (nSPS) is 11.3. The van der Waals surface area contributed by atoms with E-state index in [2.05, 4.69) is 15.9 Å². The van der Waals surface area contributed by atoms with E-state index in [-0.39, 0.29) is 23.1 Å². The number of hydrogen-bond donors (Lipinski definition) is 0. The summed E-state index contributed by atoms with van der Waals surface area (Å²) >= 11 is 2.98. The summed E-state index contributed by atoms with van der Waals surface area (Å²) in [7, 11) is 0. The summed E-state index contributed by atoms with van der Waals surface area (Å²) in [5, 5.41) is 10.9. The molecule has 0 aliphatic carbocycles. The van der Waals surface area contributed by atoms with Gasteiger partial charge in [0.15, 0.2) is 0 Å². The number of rotatable bonds is 5. The minimum absolute atomic E-state index is 0.132. The van der Waals surface area contributed by atoms with E-state index in [0.29, 0.717) is 10.5 Å². The fourth-order valence-corrected chi connectivity index (χ4v) is 2.17. The lowest BCUT2D eigenvalue weighted by molar-refractivity contribution is -0.384. The molecule has 0 atom stereocenters. The second-order valence-electron chi connectivity index (χ2n) is 4.35. The molecule has 0 bridgehead atoms. The van der Waals surface area contributed by atoms with Crippen LogP contribution in [0, 0.1) is 17.0 Å². The van der Waals surface area contributed by atoms with Crippen LogP contribution in [0.25, 0.3) is 0 Å². The monoisotopic (exact) mass is 368 g/mol. The molecule has 0 fully saturated rings. The predicted octanol–water partition coefficient (Wildman–Crippen LogP) is 3.30. The number of benzene rings is 1. The fraction of sp³-hybridized carbons (Fsp3) is 0.417. The van der Waals surface area contributed by atoms with Crippen molar-refractivity contribution in [1.29, 1.82) is 0 Å². The van der Waals surface area contributed by atoms with Gasteiger partial charge in [0.2, 0.25) is 0 Å². The van der Waals surface area contributed by atoms with E-state index >= 15 is 0 Å². The summed E-state index contributed by atoms with van der Waals surface area (Å²) in [5.74, 6) is -0.890. The minimum atomic E-state index is -4.53. The van der Waals surface area contributed by atoms with Gasteiger partial charge in [0, 0.05) is 29.6 Å². The molecule has 116 valence electrons. The van der Waals surface area contributed by atoms with Crippen LogP contribution in [-0.4, -0.2) is 40.3 Å². The number of halogens is 4. The van der Waals surface area contributed by atoms with Crippen molar-refractivity contribution < 1.29 is 22.9 Å². The van der Waals surface area contributed by atoms with Gasteiger partial charge in [0.25, 0.3) is 11.6 Å². The van der Waals surface area contributed by atoms with E-state index in [1.54, 1.807) is 0 Å². The molecule has 0 aliphatic rings. The number of non-ortho nitro benzene ring substituents is 1. The van der Waals surface area contributed by atoms with Crippen LogP contribution in [0.2, 0.25) is 0 Å².